The van der Waals surface area contributed by atoms with Crippen LogP contribution >= 0.6 is 0 Å². The zero-order chi connectivity index (χ0) is 43.5. The molecule has 0 spiro atoms. The van der Waals surface area contributed by atoms with E-state index in [4.69, 9.17) is 14.0 Å². The molecule has 9 aromatic rings. The third kappa shape index (κ3) is 4.43. The molecule has 8 aromatic carbocycles. The third-order valence-corrected chi connectivity index (χ3v) is 7.84. The highest BCUT2D eigenvalue weighted by Gasteiger charge is 2.20. The summed E-state index contributed by atoms with van der Waals surface area (Å²) in [4.78, 5) is 1.16. The molecule has 1 aromatic heterocycles. The van der Waals surface area contributed by atoms with E-state index >= 15 is 0 Å². The molecule has 0 aliphatic rings. The Bertz CT molecular complexity index is 3330. The van der Waals surface area contributed by atoms with Crippen LogP contribution < -0.4 is 4.90 Å². The van der Waals surface area contributed by atoms with Crippen molar-refractivity contribution in [3.63, 3.8) is 0 Å². The van der Waals surface area contributed by atoms with E-state index in [1.807, 2.05) is 36.4 Å². The average Bonchev–Trinajstić information content (AvgIpc) is 3.65. The Labute approximate surface area is 288 Å². The third-order valence-electron chi connectivity index (χ3n) is 7.84. The smallest absolute Gasteiger partial charge is 0.143 e. The van der Waals surface area contributed by atoms with Gasteiger partial charge in [-0.2, -0.15) is 0 Å². The van der Waals surface area contributed by atoms with Crippen molar-refractivity contribution >= 4 is 60.5 Å². The number of nitrogens with zero attached hydrogens (tertiary/aromatic N) is 1. The Kier molecular flexibility index (Phi) is 3.58. The predicted molar refractivity (Wildman–Crippen MR) is 194 cm³/mol. The quantitative estimate of drug-likeness (QED) is 0.195. The SMILES string of the molecule is [2H]c1c([2H])c(N(c2c([2H])c([2H])c(-c3c([2H])c([2H])c4c([2H])c([2H])c([2H])c([2H])c4c3[2H])c([2H])c2[2H])c2cccc3oc4c5ccccc5ccc4c23)c([2H])c([2H])c1-c1ccccc1. The highest BCUT2D eigenvalue weighted by molar-refractivity contribution is 6.19. The van der Waals surface area contributed by atoms with Gasteiger partial charge in [-0.15, -0.1) is 0 Å². The summed E-state index contributed by atoms with van der Waals surface area (Å²) in [5, 5.41) is 1.78. The molecule has 0 amide bonds. The maximum Gasteiger partial charge on any atom is 0.143 e. The van der Waals surface area contributed by atoms with E-state index in [1.54, 1.807) is 48.5 Å². The van der Waals surface area contributed by atoms with E-state index in [2.05, 4.69) is 0 Å². The molecule has 0 aliphatic carbocycles. The zero-order valence-electron chi connectivity index (χ0n) is 38.9. The van der Waals surface area contributed by atoms with Gasteiger partial charge in [-0.05, 0) is 86.8 Å². The molecule has 0 unspecified atom stereocenters. The minimum Gasteiger partial charge on any atom is -0.455 e. The molecule has 0 fully saturated rings. The molecule has 46 heavy (non-hydrogen) atoms. The molecule has 0 saturated carbocycles. The topological polar surface area (TPSA) is 16.4 Å². The molecule has 0 aliphatic heterocycles. The second kappa shape index (κ2) is 10.8. The highest BCUT2D eigenvalue weighted by atomic mass is 16.3. The largest absolute Gasteiger partial charge is 0.455 e. The molecule has 0 radical (unpaired) electrons. The highest BCUT2D eigenvalue weighted by Crippen LogP contribution is 2.44. The van der Waals surface area contributed by atoms with Crippen LogP contribution in [0.1, 0.15) is 20.6 Å². The first-order chi connectivity index (χ1) is 29.1. The summed E-state index contributed by atoms with van der Waals surface area (Å²) in [6.07, 6.45) is 0. The van der Waals surface area contributed by atoms with Gasteiger partial charge in [0, 0.05) is 22.1 Å². The van der Waals surface area contributed by atoms with Crippen molar-refractivity contribution in [2.75, 3.05) is 4.90 Å². The summed E-state index contributed by atoms with van der Waals surface area (Å²) in [6, 6.07) is 14.6. The van der Waals surface area contributed by atoms with Crippen molar-refractivity contribution in [2.24, 2.45) is 0 Å². The van der Waals surface area contributed by atoms with Gasteiger partial charge in [0.15, 0.2) is 0 Å². The lowest BCUT2D eigenvalue weighted by Crippen LogP contribution is -2.10. The summed E-state index contributed by atoms with van der Waals surface area (Å²) >= 11 is 0. The van der Waals surface area contributed by atoms with Crippen LogP contribution in [0, 0.1) is 0 Å². The fraction of sp³-hybridized carbons (Fsp3) is 0. The van der Waals surface area contributed by atoms with Gasteiger partial charge in [-0.1, -0.05) is 127 Å². The molecule has 0 N–H and O–H groups in total. The van der Waals surface area contributed by atoms with Gasteiger partial charge < -0.3 is 9.32 Å². The standard InChI is InChI=1S/C44H29NO/c1-2-9-30(10-3-1)32-19-24-37(25-20-32)45(38-26-21-33(22-27-38)36-18-17-31-11-4-5-13-35(31)29-36)41-15-8-16-42-43(41)40-28-23-34-12-6-7-14-39(34)44(40)46-42/h1-29H/i4D,5D,11D,13D,17D,18D,19D,20D,21D,22D,24D,25D,26D,27D,29D. The minimum atomic E-state index is -0.797. The van der Waals surface area contributed by atoms with Gasteiger partial charge in [0.05, 0.1) is 31.6 Å². The number of furan rings is 1. The molecule has 216 valence electrons. The Morgan fingerprint density at radius 2 is 1.13 bits per heavy atom. The second-order valence-electron chi connectivity index (χ2n) is 10.6. The molecule has 1 heterocycles. The molecule has 0 bridgehead atoms. The van der Waals surface area contributed by atoms with Crippen LogP contribution in [-0.4, -0.2) is 0 Å². The van der Waals surface area contributed by atoms with Crippen molar-refractivity contribution in [1.29, 1.82) is 0 Å². The maximum absolute atomic E-state index is 9.55. The number of benzene rings is 8. The molecule has 2 nitrogen and oxygen atoms in total. The monoisotopic (exact) mass is 602 g/mol. The zero-order valence-corrected chi connectivity index (χ0v) is 23.9. The van der Waals surface area contributed by atoms with Crippen molar-refractivity contribution in [1.82, 2.24) is 0 Å². The van der Waals surface area contributed by atoms with Crippen molar-refractivity contribution < 1.29 is 25.0 Å². The van der Waals surface area contributed by atoms with Crippen LogP contribution in [0.15, 0.2) is 180 Å². The summed E-state index contributed by atoms with van der Waals surface area (Å²) in [5.74, 6) is 0. The first-order valence-electron chi connectivity index (χ1n) is 22.0. The number of rotatable bonds is 5. The number of hydrogen-bond donors (Lipinski definition) is 0. The van der Waals surface area contributed by atoms with E-state index in [0.29, 0.717) is 27.5 Å². The van der Waals surface area contributed by atoms with Crippen LogP contribution in [0.5, 0.6) is 0 Å². The fourth-order valence-electron chi connectivity index (χ4n) is 5.69. The number of hydrogen-bond acceptors (Lipinski definition) is 2. The first-order valence-corrected chi connectivity index (χ1v) is 14.5. The van der Waals surface area contributed by atoms with E-state index < -0.39 is 124 Å². The van der Waals surface area contributed by atoms with Gasteiger partial charge in [0.2, 0.25) is 0 Å². The number of anilines is 3. The average molecular weight is 603 g/mol. The summed E-state index contributed by atoms with van der Waals surface area (Å²) < 4.78 is 142. The molecule has 2 heteroatoms. The van der Waals surface area contributed by atoms with E-state index in [-0.39, 0.29) is 11.3 Å². The Morgan fingerprint density at radius 1 is 0.457 bits per heavy atom. The molecular formula is C44H29NO. The first kappa shape index (κ1) is 15.2. The maximum atomic E-state index is 9.55. The molecular weight excluding hydrogens is 558 g/mol. The van der Waals surface area contributed by atoms with Crippen LogP contribution in [0.2, 0.25) is 0 Å². The summed E-state index contributed by atoms with van der Waals surface area (Å²) in [6.45, 7) is 0. The summed E-state index contributed by atoms with van der Waals surface area (Å²) in [5.41, 5.74) is -0.695. The molecule has 0 atom stereocenters. The van der Waals surface area contributed by atoms with Crippen LogP contribution in [0.3, 0.4) is 0 Å². The van der Waals surface area contributed by atoms with Gasteiger partial charge >= 0.3 is 0 Å². The van der Waals surface area contributed by atoms with Crippen molar-refractivity contribution in [3.05, 3.63) is 176 Å². The van der Waals surface area contributed by atoms with Gasteiger partial charge in [0.1, 0.15) is 11.2 Å². The molecule has 0 saturated heterocycles. The van der Waals surface area contributed by atoms with Crippen molar-refractivity contribution in [2.45, 2.75) is 0 Å². The van der Waals surface area contributed by atoms with Gasteiger partial charge in [-0.3, -0.25) is 0 Å². The van der Waals surface area contributed by atoms with E-state index in [9.17, 15) is 11.0 Å². The number of fused-ring (bicyclic) bond motifs is 6. The Balaban J connectivity index is 1.41. The van der Waals surface area contributed by atoms with Crippen molar-refractivity contribution in [3.8, 4) is 22.3 Å². The van der Waals surface area contributed by atoms with Gasteiger partial charge in [0.25, 0.3) is 0 Å². The lowest BCUT2D eigenvalue weighted by molar-refractivity contribution is 0.672. The Morgan fingerprint density at radius 3 is 1.91 bits per heavy atom. The van der Waals surface area contributed by atoms with Gasteiger partial charge in [-0.25, -0.2) is 0 Å². The van der Waals surface area contributed by atoms with E-state index in [1.165, 1.54) is 0 Å². The lowest BCUT2D eigenvalue weighted by Gasteiger charge is -2.26. The minimum absolute atomic E-state index is 0.000862. The lowest BCUT2D eigenvalue weighted by atomic mass is 10.0. The predicted octanol–water partition coefficient (Wildman–Crippen LogP) is 12.7. The van der Waals surface area contributed by atoms with Crippen LogP contribution in [0.25, 0.3) is 65.7 Å². The van der Waals surface area contributed by atoms with E-state index in [0.717, 1.165) is 15.7 Å². The van der Waals surface area contributed by atoms with Crippen LogP contribution in [-0.2, 0) is 0 Å². The second-order valence-corrected chi connectivity index (χ2v) is 10.6. The Hall–Kier alpha value is -6.12. The summed E-state index contributed by atoms with van der Waals surface area (Å²) in [7, 11) is 0. The van der Waals surface area contributed by atoms with Crippen LogP contribution in [0.4, 0.5) is 17.1 Å². The molecule has 9 rings (SSSR count). The fourth-order valence-corrected chi connectivity index (χ4v) is 5.69. The normalized spacial score (nSPS) is 16.0.